The number of ether oxygens (including phenoxy) is 1. The smallest absolute Gasteiger partial charge is 0.318 e. The van der Waals surface area contributed by atoms with Crippen LogP contribution in [-0.2, 0) is 19.6 Å². The molecule has 0 saturated heterocycles. The maximum atomic E-state index is 13.8. The Morgan fingerprint density at radius 1 is 1.10 bits per heavy atom. The third-order valence-electron chi connectivity index (χ3n) is 6.48. The Balaban J connectivity index is 1.93. The second-order valence-corrected chi connectivity index (χ2v) is 10.2. The zero-order chi connectivity index (χ0) is 21.0. The fourth-order valence-electron chi connectivity index (χ4n) is 5.07. The molecule has 0 amide bonds. The Kier molecular flexibility index (Phi) is 4.73. The Morgan fingerprint density at radius 2 is 1.79 bits per heavy atom. The molecule has 154 valence electrons. The number of carbonyl (C=O) groups is 1. The van der Waals surface area contributed by atoms with Crippen LogP contribution in [0.5, 0.6) is 0 Å². The molecular formula is C23H27NO4S. The van der Waals surface area contributed by atoms with Crippen LogP contribution in [0.1, 0.15) is 45.1 Å². The quantitative estimate of drug-likeness (QED) is 0.549. The highest BCUT2D eigenvalue weighted by Crippen LogP contribution is 2.57. The summed E-state index contributed by atoms with van der Waals surface area (Å²) in [5, 5.41) is 0. The number of carbonyl (C=O) groups excluding carboxylic acids is 1. The maximum absolute atomic E-state index is 13.8. The number of nitrogens with zero attached hydrogens (tertiary/aromatic N) is 1. The molecule has 0 spiro atoms. The largest absolute Gasteiger partial charge is 0.468 e. The lowest BCUT2D eigenvalue weighted by atomic mass is 9.66. The second-order valence-electron chi connectivity index (χ2n) is 8.41. The maximum Gasteiger partial charge on any atom is 0.318 e. The Bertz CT molecular complexity index is 1060. The van der Waals surface area contributed by atoms with Gasteiger partial charge in [0.25, 0.3) is 10.0 Å². The van der Waals surface area contributed by atoms with Crippen LogP contribution in [0.2, 0.25) is 0 Å². The number of hydrogen-bond donors (Lipinski definition) is 0. The molecular weight excluding hydrogens is 386 g/mol. The molecule has 0 aromatic heterocycles. The van der Waals surface area contributed by atoms with Crippen LogP contribution < -0.4 is 0 Å². The molecule has 0 fully saturated rings. The molecule has 2 aliphatic carbocycles. The van der Waals surface area contributed by atoms with Gasteiger partial charge in [0.15, 0.2) is 0 Å². The molecule has 6 heteroatoms. The van der Waals surface area contributed by atoms with E-state index in [1.807, 2.05) is 32.9 Å². The summed E-state index contributed by atoms with van der Waals surface area (Å²) in [7, 11) is -2.41. The first kappa shape index (κ1) is 20.0. The molecule has 2 unspecified atom stereocenters. The summed E-state index contributed by atoms with van der Waals surface area (Å²) in [6, 6.07) is 6.43. The Morgan fingerprint density at radius 3 is 2.45 bits per heavy atom. The summed E-state index contributed by atoms with van der Waals surface area (Å²) in [5.74, 6) is -0.336. The van der Waals surface area contributed by atoms with Crippen molar-refractivity contribution in [3.8, 4) is 0 Å². The Hall–Kier alpha value is -2.34. The number of hydrogen-bond acceptors (Lipinski definition) is 4. The number of allylic oxidation sites excluding steroid dienone is 3. The van der Waals surface area contributed by atoms with Gasteiger partial charge >= 0.3 is 5.97 Å². The molecule has 1 heterocycles. The van der Waals surface area contributed by atoms with Gasteiger partial charge in [-0.3, -0.25) is 9.10 Å². The normalized spacial score (nSPS) is 26.5. The van der Waals surface area contributed by atoms with Gasteiger partial charge < -0.3 is 4.74 Å². The number of rotatable bonds is 3. The van der Waals surface area contributed by atoms with E-state index in [9.17, 15) is 13.2 Å². The molecule has 1 aliphatic heterocycles. The van der Waals surface area contributed by atoms with Crippen LogP contribution >= 0.6 is 0 Å². The predicted molar refractivity (Wildman–Crippen MR) is 111 cm³/mol. The molecule has 29 heavy (non-hydrogen) atoms. The summed E-state index contributed by atoms with van der Waals surface area (Å²) in [6.07, 6.45) is 6.28. The van der Waals surface area contributed by atoms with Gasteiger partial charge in [-0.2, -0.15) is 0 Å². The van der Waals surface area contributed by atoms with Crippen molar-refractivity contribution >= 4 is 16.0 Å². The molecule has 0 bridgehead atoms. The lowest BCUT2D eigenvalue weighted by Gasteiger charge is -2.40. The van der Waals surface area contributed by atoms with Gasteiger partial charge in [0.05, 0.1) is 18.0 Å². The van der Waals surface area contributed by atoms with Crippen molar-refractivity contribution in [2.75, 3.05) is 7.11 Å². The highest BCUT2D eigenvalue weighted by atomic mass is 32.2. The first-order chi connectivity index (χ1) is 13.7. The zero-order valence-electron chi connectivity index (χ0n) is 17.4. The Labute approximate surface area is 172 Å². The van der Waals surface area contributed by atoms with Crippen LogP contribution in [-0.4, -0.2) is 31.8 Å². The van der Waals surface area contributed by atoms with Crippen LogP contribution in [0.25, 0.3) is 0 Å². The van der Waals surface area contributed by atoms with E-state index >= 15 is 0 Å². The van der Waals surface area contributed by atoms with Crippen molar-refractivity contribution < 1.29 is 17.9 Å². The fourth-order valence-corrected chi connectivity index (χ4v) is 6.85. The molecule has 2 atom stereocenters. The van der Waals surface area contributed by atoms with Gasteiger partial charge in [-0.15, -0.1) is 0 Å². The lowest BCUT2D eigenvalue weighted by molar-refractivity contribution is -0.152. The SMILES string of the molecule is COC(=O)C12CC(C)=CCC1N(S(=O)(=O)c1ccc(C)cc1)C1=C2CC=C(C)C1. The molecule has 3 aliphatic rings. The van der Waals surface area contributed by atoms with E-state index in [2.05, 4.69) is 12.2 Å². The third kappa shape index (κ3) is 2.88. The number of esters is 1. The highest BCUT2D eigenvalue weighted by Gasteiger charge is 2.61. The lowest BCUT2D eigenvalue weighted by Crippen LogP contribution is -2.50. The first-order valence-electron chi connectivity index (χ1n) is 9.95. The van der Waals surface area contributed by atoms with Crippen molar-refractivity contribution in [2.24, 2.45) is 5.41 Å². The summed E-state index contributed by atoms with van der Waals surface area (Å²) in [6.45, 7) is 5.94. The van der Waals surface area contributed by atoms with Crippen molar-refractivity contribution in [1.82, 2.24) is 4.31 Å². The van der Waals surface area contributed by atoms with E-state index in [0.29, 0.717) is 25.7 Å². The van der Waals surface area contributed by atoms with Gasteiger partial charge in [0.2, 0.25) is 0 Å². The topological polar surface area (TPSA) is 63.7 Å². The molecule has 0 N–H and O–H groups in total. The van der Waals surface area contributed by atoms with E-state index in [1.54, 1.807) is 16.4 Å². The molecule has 0 radical (unpaired) electrons. The van der Waals surface area contributed by atoms with E-state index < -0.39 is 21.5 Å². The molecule has 4 rings (SSSR count). The van der Waals surface area contributed by atoms with Crippen molar-refractivity contribution in [3.63, 3.8) is 0 Å². The summed E-state index contributed by atoms with van der Waals surface area (Å²) in [5.41, 5.74) is 3.93. The van der Waals surface area contributed by atoms with Crippen LogP contribution in [0.3, 0.4) is 0 Å². The fraction of sp³-hybridized carbons (Fsp3) is 0.435. The predicted octanol–water partition coefficient (Wildman–Crippen LogP) is 4.26. The van der Waals surface area contributed by atoms with Gasteiger partial charge in [-0.05, 0) is 57.7 Å². The van der Waals surface area contributed by atoms with Gasteiger partial charge in [-0.1, -0.05) is 41.0 Å². The molecule has 0 saturated carbocycles. The van der Waals surface area contributed by atoms with Gasteiger partial charge in [0.1, 0.15) is 5.41 Å². The minimum absolute atomic E-state index is 0.258. The van der Waals surface area contributed by atoms with Crippen LogP contribution in [0.15, 0.2) is 63.7 Å². The average Bonchev–Trinajstić information content (AvgIpc) is 2.98. The van der Waals surface area contributed by atoms with Crippen molar-refractivity contribution in [2.45, 2.75) is 57.4 Å². The third-order valence-corrected chi connectivity index (χ3v) is 8.34. The minimum Gasteiger partial charge on any atom is -0.468 e. The first-order valence-corrected chi connectivity index (χ1v) is 11.4. The summed E-state index contributed by atoms with van der Waals surface area (Å²) in [4.78, 5) is 13.4. The monoisotopic (exact) mass is 413 g/mol. The van der Waals surface area contributed by atoms with Gasteiger partial charge in [0, 0.05) is 12.1 Å². The van der Waals surface area contributed by atoms with Gasteiger partial charge in [-0.25, -0.2) is 8.42 Å². The number of fused-ring (bicyclic) bond motifs is 2. The average molecular weight is 414 g/mol. The van der Waals surface area contributed by atoms with E-state index in [4.69, 9.17) is 4.74 Å². The number of sulfonamides is 1. The zero-order valence-corrected chi connectivity index (χ0v) is 18.2. The molecule has 1 aromatic carbocycles. The standard InChI is InChI=1S/C23H27NO4S/c1-15-5-9-18(10-6-15)29(26,27)24-20-13-16(2)7-11-19(20)23(22(25)28-4)14-17(3)8-12-21(23)24/h5-10,21H,11-14H2,1-4H3. The van der Waals surface area contributed by atoms with Crippen LogP contribution in [0.4, 0.5) is 0 Å². The van der Waals surface area contributed by atoms with E-state index in [1.165, 1.54) is 7.11 Å². The van der Waals surface area contributed by atoms with E-state index in [-0.39, 0.29) is 10.9 Å². The molecule has 5 nitrogen and oxygen atoms in total. The number of aryl methyl sites for hydroxylation is 1. The van der Waals surface area contributed by atoms with Crippen molar-refractivity contribution in [1.29, 1.82) is 0 Å². The second kappa shape index (κ2) is 6.87. The van der Waals surface area contributed by atoms with Crippen molar-refractivity contribution in [3.05, 3.63) is 64.4 Å². The summed E-state index contributed by atoms with van der Waals surface area (Å²) < 4.78 is 34.4. The number of benzene rings is 1. The van der Waals surface area contributed by atoms with Crippen LogP contribution in [0, 0.1) is 12.3 Å². The summed E-state index contributed by atoms with van der Waals surface area (Å²) >= 11 is 0. The number of methoxy groups -OCH3 is 1. The minimum atomic E-state index is -3.81. The van der Waals surface area contributed by atoms with E-state index in [0.717, 1.165) is 28.0 Å². The highest BCUT2D eigenvalue weighted by molar-refractivity contribution is 7.89. The molecule has 1 aromatic rings.